The molecule has 5 heteroatoms. The van der Waals surface area contributed by atoms with Crippen LogP contribution in [0.2, 0.25) is 0 Å². The van der Waals surface area contributed by atoms with Crippen LogP contribution in [0.5, 0.6) is 0 Å². The summed E-state index contributed by atoms with van der Waals surface area (Å²) in [5.74, 6) is 0.163. The number of anilines is 1. The molecule has 110 valence electrons. The number of rotatable bonds is 3. The van der Waals surface area contributed by atoms with Crippen molar-refractivity contribution in [3.63, 3.8) is 0 Å². The van der Waals surface area contributed by atoms with Gasteiger partial charge < -0.3 is 16.4 Å². The van der Waals surface area contributed by atoms with Crippen molar-refractivity contribution in [1.29, 1.82) is 0 Å². The van der Waals surface area contributed by atoms with Gasteiger partial charge in [-0.25, -0.2) is 4.98 Å². The molecule has 1 atom stereocenters. The van der Waals surface area contributed by atoms with E-state index in [0.717, 1.165) is 43.3 Å². The van der Waals surface area contributed by atoms with Gasteiger partial charge in [0.25, 0.3) is 5.91 Å². The summed E-state index contributed by atoms with van der Waals surface area (Å²) in [6.45, 7) is 2.03. The Morgan fingerprint density at radius 1 is 1.29 bits per heavy atom. The molecule has 0 radical (unpaired) electrons. The quantitative estimate of drug-likeness (QED) is 0.804. The zero-order valence-electron chi connectivity index (χ0n) is 11.9. The van der Waals surface area contributed by atoms with Gasteiger partial charge in [-0.1, -0.05) is 18.2 Å². The monoisotopic (exact) mass is 284 g/mol. The summed E-state index contributed by atoms with van der Waals surface area (Å²) in [5.41, 5.74) is 6.85. The van der Waals surface area contributed by atoms with Gasteiger partial charge in [0.15, 0.2) is 0 Å². The van der Waals surface area contributed by atoms with Crippen molar-refractivity contribution >= 4 is 22.6 Å². The molecule has 1 saturated heterocycles. The third-order valence-electron chi connectivity index (χ3n) is 3.91. The summed E-state index contributed by atoms with van der Waals surface area (Å²) in [6.07, 6.45) is 3.21. The van der Waals surface area contributed by atoms with Crippen molar-refractivity contribution in [2.75, 3.05) is 18.4 Å². The Morgan fingerprint density at radius 2 is 2.14 bits per heavy atom. The van der Waals surface area contributed by atoms with Gasteiger partial charge in [-0.15, -0.1) is 0 Å². The van der Waals surface area contributed by atoms with E-state index in [0.29, 0.717) is 17.4 Å². The van der Waals surface area contributed by atoms with E-state index in [1.165, 1.54) is 0 Å². The van der Waals surface area contributed by atoms with Crippen LogP contribution in [0.4, 0.5) is 5.82 Å². The Bertz CT molecular complexity index is 648. The Balaban J connectivity index is 1.95. The number of benzene rings is 1. The lowest BCUT2D eigenvalue weighted by atomic mass is 10.1. The lowest BCUT2D eigenvalue weighted by Crippen LogP contribution is -2.24. The Morgan fingerprint density at radius 3 is 3.00 bits per heavy atom. The molecule has 0 bridgehead atoms. The van der Waals surface area contributed by atoms with E-state index >= 15 is 0 Å². The average molecular weight is 284 g/mol. The average Bonchev–Trinajstić information content (AvgIpc) is 2.75. The zero-order valence-corrected chi connectivity index (χ0v) is 11.9. The van der Waals surface area contributed by atoms with E-state index < -0.39 is 5.91 Å². The fourth-order valence-electron chi connectivity index (χ4n) is 2.77. The molecular weight excluding hydrogens is 264 g/mol. The molecular formula is C16H20N4O. The maximum Gasteiger partial charge on any atom is 0.252 e. The summed E-state index contributed by atoms with van der Waals surface area (Å²) in [5, 5.41) is 7.72. The minimum absolute atomic E-state index is 0.326. The van der Waals surface area contributed by atoms with Crippen molar-refractivity contribution in [3.8, 4) is 0 Å². The van der Waals surface area contributed by atoms with Crippen LogP contribution < -0.4 is 16.4 Å². The molecule has 1 unspecified atom stereocenters. The third kappa shape index (κ3) is 3.13. The lowest BCUT2D eigenvalue weighted by molar-refractivity contribution is 0.100. The highest BCUT2D eigenvalue weighted by Gasteiger charge is 2.17. The van der Waals surface area contributed by atoms with Crippen molar-refractivity contribution < 1.29 is 4.79 Å². The molecule has 1 aromatic heterocycles. The fraction of sp³-hybridized carbons (Fsp3) is 0.375. The topological polar surface area (TPSA) is 80.0 Å². The van der Waals surface area contributed by atoms with Gasteiger partial charge in [-0.3, -0.25) is 4.79 Å². The molecule has 4 N–H and O–H groups in total. The molecule has 2 heterocycles. The lowest BCUT2D eigenvalue weighted by Gasteiger charge is -2.18. The van der Waals surface area contributed by atoms with Gasteiger partial charge in [0.05, 0.1) is 11.1 Å². The molecule has 2 aromatic rings. The van der Waals surface area contributed by atoms with Gasteiger partial charge in [-0.05, 0) is 44.5 Å². The highest BCUT2D eigenvalue weighted by atomic mass is 16.1. The minimum atomic E-state index is -0.442. The maximum absolute atomic E-state index is 11.7. The molecule has 21 heavy (non-hydrogen) atoms. The van der Waals surface area contributed by atoms with Crippen LogP contribution in [0.25, 0.3) is 10.9 Å². The van der Waals surface area contributed by atoms with Crippen LogP contribution in [0.15, 0.2) is 30.3 Å². The number of pyridine rings is 1. The summed E-state index contributed by atoms with van der Waals surface area (Å²) >= 11 is 0. The van der Waals surface area contributed by atoms with Crippen molar-refractivity contribution in [2.24, 2.45) is 5.73 Å². The van der Waals surface area contributed by atoms with Crippen molar-refractivity contribution in [1.82, 2.24) is 10.3 Å². The number of primary amides is 1. The number of carbonyl (C=O) groups is 1. The van der Waals surface area contributed by atoms with Gasteiger partial charge in [0, 0.05) is 11.4 Å². The van der Waals surface area contributed by atoms with Gasteiger partial charge in [0.1, 0.15) is 5.82 Å². The van der Waals surface area contributed by atoms with Crippen molar-refractivity contribution in [2.45, 2.75) is 25.3 Å². The van der Waals surface area contributed by atoms with E-state index in [1.807, 2.05) is 30.3 Å². The Kier molecular flexibility index (Phi) is 4.01. The number of nitrogens with one attached hydrogen (secondary N) is 2. The molecule has 0 saturated carbocycles. The van der Waals surface area contributed by atoms with Crippen LogP contribution >= 0.6 is 0 Å². The number of hydrogen-bond donors (Lipinski definition) is 3. The number of para-hydroxylation sites is 1. The van der Waals surface area contributed by atoms with Gasteiger partial charge in [0.2, 0.25) is 0 Å². The van der Waals surface area contributed by atoms with Crippen LogP contribution in [-0.2, 0) is 0 Å². The predicted molar refractivity (Wildman–Crippen MR) is 84.4 cm³/mol. The Labute approximate surface area is 123 Å². The highest BCUT2D eigenvalue weighted by Crippen LogP contribution is 2.22. The van der Waals surface area contributed by atoms with E-state index in [9.17, 15) is 4.79 Å². The molecule has 1 aliphatic rings. The molecule has 1 aliphatic heterocycles. The smallest absolute Gasteiger partial charge is 0.252 e. The molecule has 0 spiro atoms. The molecule has 0 aliphatic carbocycles. The van der Waals surface area contributed by atoms with E-state index in [1.54, 1.807) is 0 Å². The van der Waals surface area contributed by atoms with Crippen LogP contribution in [0.1, 0.15) is 29.6 Å². The first-order valence-corrected chi connectivity index (χ1v) is 7.41. The SMILES string of the molecule is NC(=O)c1cc2ccccc2nc1NC1CCCNCC1. The third-order valence-corrected chi connectivity index (χ3v) is 3.91. The van der Waals surface area contributed by atoms with Crippen LogP contribution in [0, 0.1) is 0 Å². The summed E-state index contributed by atoms with van der Waals surface area (Å²) in [6, 6.07) is 9.90. The molecule has 1 fully saturated rings. The molecule has 5 nitrogen and oxygen atoms in total. The predicted octanol–water partition coefficient (Wildman–Crippen LogP) is 1.89. The minimum Gasteiger partial charge on any atom is -0.367 e. The van der Waals surface area contributed by atoms with E-state index in [4.69, 9.17) is 5.73 Å². The first kappa shape index (κ1) is 13.8. The largest absolute Gasteiger partial charge is 0.367 e. The van der Waals surface area contributed by atoms with E-state index in [2.05, 4.69) is 15.6 Å². The first-order chi connectivity index (χ1) is 10.2. The van der Waals surface area contributed by atoms with Gasteiger partial charge >= 0.3 is 0 Å². The summed E-state index contributed by atoms with van der Waals surface area (Å²) in [4.78, 5) is 16.3. The summed E-state index contributed by atoms with van der Waals surface area (Å²) in [7, 11) is 0. The van der Waals surface area contributed by atoms with Gasteiger partial charge in [-0.2, -0.15) is 0 Å². The molecule has 1 amide bonds. The number of nitrogens with zero attached hydrogens (tertiary/aromatic N) is 1. The maximum atomic E-state index is 11.7. The Hall–Kier alpha value is -2.14. The van der Waals surface area contributed by atoms with Crippen LogP contribution in [-0.4, -0.2) is 30.0 Å². The number of fused-ring (bicyclic) bond motifs is 1. The summed E-state index contributed by atoms with van der Waals surface area (Å²) < 4.78 is 0. The molecule has 3 rings (SSSR count). The fourth-order valence-corrected chi connectivity index (χ4v) is 2.77. The standard InChI is InChI=1S/C16H20N4O/c17-15(21)13-10-11-4-1-2-6-14(11)20-16(13)19-12-5-3-8-18-9-7-12/h1-2,4,6,10,12,18H,3,5,7-9H2,(H2,17,21)(H,19,20). The highest BCUT2D eigenvalue weighted by molar-refractivity contribution is 6.01. The number of hydrogen-bond acceptors (Lipinski definition) is 4. The second-order valence-electron chi connectivity index (χ2n) is 5.46. The second-order valence-corrected chi connectivity index (χ2v) is 5.46. The number of amides is 1. The molecule has 1 aromatic carbocycles. The number of aromatic nitrogens is 1. The second kappa shape index (κ2) is 6.10. The van der Waals surface area contributed by atoms with Crippen LogP contribution in [0.3, 0.4) is 0 Å². The normalized spacial score (nSPS) is 19.1. The number of nitrogens with two attached hydrogens (primary N) is 1. The number of carbonyl (C=O) groups excluding carboxylic acids is 1. The van der Waals surface area contributed by atoms with Crippen molar-refractivity contribution in [3.05, 3.63) is 35.9 Å². The first-order valence-electron chi connectivity index (χ1n) is 7.41. The van der Waals surface area contributed by atoms with E-state index in [-0.39, 0.29) is 0 Å². The zero-order chi connectivity index (χ0) is 14.7.